The first-order valence-corrected chi connectivity index (χ1v) is 6.99. The van der Waals surface area contributed by atoms with Crippen molar-refractivity contribution in [3.63, 3.8) is 0 Å². The van der Waals surface area contributed by atoms with E-state index in [1.54, 1.807) is 0 Å². The van der Waals surface area contributed by atoms with Crippen LogP contribution in [0.2, 0.25) is 0 Å². The highest BCUT2D eigenvalue weighted by molar-refractivity contribution is 5.54. The van der Waals surface area contributed by atoms with Gasteiger partial charge in [-0.25, -0.2) is 0 Å². The molecule has 1 unspecified atom stereocenters. The van der Waals surface area contributed by atoms with Crippen molar-refractivity contribution in [3.8, 4) is 0 Å². The Morgan fingerprint density at radius 3 is 2.94 bits per heavy atom. The summed E-state index contributed by atoms with van der Waals surface area (Å²) in [4.78, 5) is 2.41. The third-order valence-corrected chi connectivity index (χ3v) is 3.62. The van der Waals surface area contributed by atoms with E-state index in [1.165, 1.54) is 17.7 Å². The molecule has 0 spiro atoms. The van der Waals surface area contributed by atoms with Crippen LogP contribution in [-0.4, -0.2) is 31.3 Å². The van der Waals surface area contributed by atoms with Crippen LogP contribution in [0, 0.1) is 5.92 Å². The second-order valence-electron chi connectivity index (χ2n) is 5.09. The van der Waals surface area contributed by atoms with E-state index in [1.807, 2.05) is 0 Å². The van der Waals surface area contributed by atoms with Crippen LogP contribution < -0.4 is 10.2 Å². The molecule has 0 bridgehead atoms. The number of hydrogen-bond donors (Lipinski definition) is 2. The zero-order valence-electron chi connectivity index (χ0n) is 11.2. The normalized spacial score (nSPS) is 19.4. The zero-order chi connectivity index (χ0) is 12.8. The predicted octanol–water partition coefficient (Wildman–Crippen LogP) is 2.00. The Morgan fingerprint density at radius 1 is 1.39 bits per heavy atom. The van der Waals surface area contributed by atoms with Crippen molar-refractivity contribution in [3.05, 3.63) is 29.8 Å². The minimum absolute atomic E-state index is 0.312. The highest BCUT2D eigenvalue weighted by Gasteiger charge is 2.23. The Labute approximate surface area is 110 Å². The first-order valence-electron chi connectivity index (χ1n) is 6.99. The molecule has 1 saturated heterocycles. The molecule has 100 valence electrons. The molecule has 3 nitrogen and oxygen atoms in total. The molecule has 1 aromatic carbocycles. The van der Waals surface area contributed by atoms with Crippen LogP contribution >= 0.6 is 0 Å². The highest BCUT2D eigenvalue weighted by Crippen LogP contribution is 2.26. The summed E-state index contributed by atoms with van der Waals surface area (Å²) in [7, 11) is 0. The van der Waals surface area contributed by atoms with Crippen molar-refractivity contribution in [2.24, 2.45) is 5.92 Å². The molecular formula is C15H24N2O. The quantitative estimate of drug-likeness (QED) is 0.756. The maximum absolute atomic E-state index is 9.23. The molecule has 2 rings (SSSR count). The number of aliphatic hydroxyl groups excluding tert-OH is 1. The standard InChI is InChI=1S/C15H24N2O/c1-2-8-16-10-14-5-3-4-6-15(14)17-9-7-13(11-17)12-18/h3-6,13,16,18H,2,7-12H2,1H3. The molecule has 1 heterocycles. The molecule has 1 aromatic rings. The van der Waals surface area contributed by atoms with Gasteiger partial charge in [-0.15, -0.1) is 0 Å². The summed E-state index contributed by atoms with van der Waals surface area (Å²) >= 11 is 0. The largest absolute Gasteiger partial charge is 0.396 e. The van der Waals surface area contributed by atoms with Gasteiger partial charge in [0.2, 0.25) is 0 Å². The summed E-state index contributed by atoms with van der Waals surface area (Å²) in [6.07, 6.45) is 2.27. The summed E-state index contributed by atoms with van der Waals surface area (Å²) in [5.41, 5.74) is 2.70. The Balaban J connectivity index is 2.03. The van der Waals surface area contributed by atoms with E-state index in [0.29, 0.717) is 12.5 Å². The Kier molecular flexibility index (Phi) is 5.02. The maximum atomic E-state index is 9.23. The van der Waals surface area contributed by atoms with Gasteiger partial charge < -0.3 is 15.3 Å². The molecule has 1 atom stereocenters. The smallest absolute Gasteiger partial charge is 0.0476 e. The zero-order valence-corrected chi connectivity index (χ0v) is 11.2. The fourth-order valence-electron chi connectivity index (χ4n) is 2.57. The van der Waals surface area contributed by atoms with Gasteiger partial charge in [0.25, 0.3) is 0 Å². The van der Waals surface area contributed by atoms with Crippen LogP contribution in [0.25, 0.3) is 0 Å². The van der Waals surface area contributed by atoms with Crippen molar-refractivity contribution in [1.82, 2.24) is 5.32 Å². The van der Waals surface area contributed by atoms with Gasteiger partial charge in [0.15, 0.2) is 0 Å². The van der Waals surface area contributed by atoms with E-state index in [0.717, 1.165) is 32.6 Å². The molecule has 0 amide bonds. The van der Waals surface area contributed by atoms with E-state index < -0.39 is 0 Å². The molecule has 1 aliphatic heterocycles. The monoisotopic (exact) mass is 248 g/mol. The summed E-state index contributed by atoms with van der Waals surface area (Å²) in [6, 6.07) is 8.60. The number of rotatable bonds is 6. The van der Waals surface area contributed by atoms with Gasteiger partial charge in [0.1, 0.15) is 0 Å². The summed E-state index contributed by atoms with van der Waals surface area (Å²) in [5, 5.41) is 12.7. The SMILES string of the molecule is CCCNCc1ccccc1N1CCC(CO)C1. The van der Waals surface area contributed by atoms with Crippen LogP contribution in [0.1, 0.15) is 25.3 Å². The number of anilines is 1. The second kappa shape index (κ2) is 6.76. The fraction of sp³-hybridized carbons (Fsp3) is 0.600. The Morgan fingerprint density at radius 2 is 2.22 bits per heavy atom. The average molecular weight is 248 g/mol. The van der Waals surface area contributed by atoms with Crippen molar-refractivity contribution >= 4 is 5.69 Å². The third kappa shape index (κ3) is 3.24. The lowest BCUT2D eigenvalue weighted by atomic mass is 10.1. The lowest BCUT2D eigenvalue weighted by Crippen LogP contribution is -2.23. The lowest BCUT2D eigenvalue weighted by molar-refractivity contribution is 0.238. The summed E-state index contributed by atoms with van der Waals surface area (Å²) in [5.74, 6) is 0.446. The van der Waals surface area contributed by atoms with E-state index in [2.05, 4.69) is 41.4 Å². The van der Waals surface area contributed by atoms with Crippen molar-refractivity contribution in [2.75, 3.05) is 31.1 Å². The number of para-hydroxylation sites is 1. The number of hydrogen-bond acceptors (Lipinski definition) is 3. The van der Waals surface area contributed by atoms with Crippen LogP contribution in [0.5, 0.6) is 0 Å². The third-order valence-electron chi connectivity index (χ3n) is 3.62. The molecule has 0 aliphatic carbocycles. The van der Waals surface area contributed by atoms with Crippen LogP contribution in [0.3, 0.4) is 0 Å². The summed E-state index contributed by atoms with van der Waals surface area (Å²) in [6.45, 7) is 6.55. The molecule has 3 heteroatoms. The molecule has 2 N–H and O–H groups in total. The van der Waals surface area contributed by atoms with Gasteiger partial charge in [0, 0.05) is 37.8 Å². The molecule has 0 aromatic heterocycles. The number of benzene rings is 1. The van der Waals surface area contributed by atoms with E-state index >= 15 is 0 Å². The second-order valence-corrected chi connectivity index (χ2v) is 5.09. The highest BCUT2D eigenvalue weighted by atomic mass is 16.3. The topological polar surface area (TPSA) is 35.5 Å². The molecule has 0 radical (unpaired) electrons. The molecule has 1 aliphatic rings. The van der Waals surface area contributed by atoms with Crippen molar-refractivity contribution in [2.45, 2.75) is 26.3 Å². The first-order chi connectivity index (χ1) is 8.85. The van der Waals surface area contributed by atoms with Crippen LogP contribution in [-0.2, 0) is 6.54 Å². The number of aliphatic hydroxyl groups is 1. The van der Waals surface area contributed by atoms with Gasteiger partial charge in [0.05, 0.1) is 0 Å². The Bertz CT molecular complexity index is 367. The van der Waals surface area contributed by atoms with Crippen LogP contribution in [0.15, 0.2) is 24.3 Å². The van der Waals surface area contributed by atoms with Gasteiger partial charge in [-0.3, -0.25) is 0 Å². The minimum Gasteiger partial charge on any atom is -0.396 e. The van der Waals surface area contributed by atoms with Crippen molar-refractivity contribution in [1.29, 1.82) is 0 Å². The fourth-order valence-corrected chi connectivity index (χ4v) is 2.57. The Hall–Kier alpha value is -1.06. The summed E-state index contributed by atoms with van der Waals surface area (Å²) < 4.78 is 0. The molecule has 0 saturated carbocycles. The predicted molar refractivity (Wildman–Crippen MR) is 75.8 cm³/mol. The van der Waals surface area contributed by atoms with Crippen molar-refractivity contribution < 1.29 is 5.11 Å². The van der Waals surface area contributed by atoms with E-state index in [4.69, 9.17) is 0 Å². The first kappa shape index (κ1) is 13.4. The van der Waals surface area contributed by atoms with Gasteiger partial charge in [-0.2, -0.15) is 0 Å². The van der Waals surface area contributed by atoms with Gasteiger partial charge >= 0.3 is 0 Å². The van der Waals surface area contributed by atoms with Crippen LogP contribution in [0.4, 0.5) is 5.69 Å². The average Bonchev–Trinajstić information content (AvgIpc) is 2.88. The van der Waals surface area contributed by atoms with E-state index in [9.17, 15) is 5.11 Å². The molecular weight excluding hydrogens is 224 g/mol. The van der Waals surface area contributed by atoms with Gasteiger partial charge in [-0.05, 0) is 31.0 Å². The molecule has 1 fully saturated rings. The number of nitrogens with one attached hydrogen (secondary N) is 1. The van der Waals surface area contributed by atoms with Gasteiger partial charge in [-0.1, -0.05) is 25.1 Å². The van der Waals surface area contributed by atoms with E-state index in [-0.39, 0.29) is 0 Å². The maximum Gasteiger partial charge on any atom is 0.0476 e. The lowest BCUT2D eigenvalue weighted by Gasteiger charge is -2.22. The minimum atomic E-state index is 0.312. The molecule has 18 heavy (non-hydrogen) atoms. The number of nitrogens with zero attached hydrogens (tertiary/aromatic N) is 1.